The highest BCUT2D eigenvalue weighted by Crippen LogP contribution is 2.33. The molecule has 1 amide bonds. The Bertz CT molecular complexity index is 1450. The molecule has 1 fully saturated rings. The molecule has 194 valence electrons. The third-order valence-electron chi connectivity index (χ3n) is 6.81. The van der Waals surface area contributed by atoms with Crippen LogP contribution in [0.15, 0.2) is 84.9 Å². The average Bonchev–Trinajstić information content (AvgIpc) is 2.95. The number of carbonyl (C=O) groups is 2. The molecule has 1 saturated heterocycles. The van der Waals surface area contributed by atoms with E-state index in [4.69, 9.17) is 9.47 Å². The standard InChI is InChI=1S/C31H30N2O5/c1-22(34)33(25-12-13-29(27(19-25)31(35)36)32-15-17-37-18-16-32)20-28-26-10-6-5-9-24(26)11-14-30(28)38-21-23-7-3-2-4-8-23/h2-14,19H,15-18,20-21H2,1H3,(H,35,36). The molecule has 0 spiro atoms. The number of aromatic carboxylic acids is 1. The minimum absolute atomic E-state index is 0.161. The molecule has 0 aromatic heterocycles. The van der Waals surface area contributed by atoms with Crippen LogP contribution in [0, 0.1) is 0 Å². The lowest BCUT2D eigenvalue weighted by atomic mass is 10.0. The molecular weight excluding hydrogens is 480 g/mol. The minimum Gasteiger partial charge on any atom is -0.489 e. The Morgan fingerprint density at radius 1 is 0.947 bits per heavy atom. The summed E-state index contributed by atoms with van der Waals surface area (Å²) in [6, 6.07) is 27.0. The third kappa shape index (κ3) is 5.48. The first-order valence-electron chi connectivity index (χ1n) is 12.7. The Labute approximate surface area is 221 Å². The van der Waals surface area contributed by atoms with E-state index >= 15 is 0 Å². The van der Waals surface area contributed by atoms with Crippen LogP contribution in [0.1, 0.15) is 28.4 Å². The lowest BCUT2D eigenvalue weighted by Crippen LogP contribution is -2.37. The fourth-order valence-corrected chi connectivity index (χ4v) is 4.84. The topological polar surface area (TPSA) is 79.3 Å². The molecule has 1 aliphatic rings. The molecular formula is C31H30N2O5. The van der Waals surface area contributed by atoms with Gasteiger partial charge in [-0.3, -0.25) is 4.79 Å². The van der Waals surface area contributed by atoms with Crippen LogP contribution in [0.5, 0.6) is 5.75 Å². The van der Waals surface area contributed by atoms with Gasteiger partial charge in [-0.25, -0.2) is 4.79 Å². The first kappa shape index (κ1) is 25.3. The Kier molecular flexibility index (Phi) is 7.56. The number of amides is 1. The maximum Gasteiger partial charge on any atom is 0.337 e. The number of anilines is 2. The van der Waals surface area contributed by atoms with E-state index in [9.17, 15) is 14.7 Å². The zero-order chi connectivity index (χ0) is 26.5. The normalized spacial score (nSPS) is 13.3. The summed E-state index contributed by atoms with van der Waals surface area (Å²) in [5.41, 5.74) is 3.22. The lowest BCUT2D eigenvalue weighted by molar-refractivity contribution is -0.116. The quantitative estimate of drug-likeness (QED) is 0.337. The number of benzene rings is 4. The number of hydrogen-bond donors (Lipinski definition) is 1. The monoisotopic (exact) mass is 510 g/mol. The fourth-order valence-electron chi connectivity index (χ4n) is 4.84. The predicted molar refractivity (Wildman–Crippen MR) is 148 cm³/mol. The van der Waals surface area contributed by atoms with Crippen molar-refractivity contribution in [3.63, 3.8) is 0 Å². The van der Waals surface area contributed by atoms with Gasteiger partial charge in [0.2, 0.25) is 5.91 Å². The molecule has 0 aliphatic carbocycles. The summed E-state index contributed by atoms with van der Waals surface area (Å²) in [6.45, 7) is 4.45. The van der Waals surface area contributed by atoms with Gasteiger partial charge in [-0.2, -0.15) is 0 Å². The largest absolute Gasteiger partial charge is 0.489 e. The third-order valence-corrected chi connectivity index (χ3v) is 6.81. The molecule has 5 rings (SSSR count). The summed E-state index contributed by atoms with van der Waals surface area (Å²) in [4.78, 5) is 28.8. The van der Waals surface area contributed by atoms with E-state index in [1.54, 1.807) is 17.0 Å². The summed E-state index contributed by atoms with van der Waals surface area (Å²) < 4.78 is 11.7. The fraction of sp³-hybridized carbons (Fsp3) is 0.226. The highest BCUT2D eigenvalue weighted by Gasteiger charge is 2.23. The first-order valence-corrected chi connectivity index (χ1v) is 12.7. The minimum atomic E-state index is -1.03. The number of hydrogen-bond acceptors (Lipinski definition) is 5. The number of morpholine rings is 1. The second-order valence-corrected chi connectivity index (χ2v) is 9.25. The van der Waals surface area contributed by atoms with Gasteiger partial charge in [-0.05, 0) is 40.6 Å². The second-order valence-electron chi connectivity index (χ2n) is 9.25. The molecule has 1 heterocycles. The van der Waals surface area contributed by atoms with E-state index in [1.165, 1.54) is 6.92 Å². The van der Waals surface area contributed by atoms with Crippen LogP contribution in [0.25, 0.3) is 10.8 Å². The zero-order valence-electron chi connectivity index (χ0n) is 21.3. The van der Waals surface area contributed by atoms with Gasteiger partial charge in [0, 0.05) is 31.3 Å². The van der Waals surface area contributed by atoms with Crippen molar-refractivity contribution in [3.8, 4) is 5.75 Å². The molecule has 7 heteroatoms. The van der Waals surface area contributed by atoms with E-state index in [1.807, 2.05) is 77.7 Å². The second kappa shape index (κ2) is 11.4. The van der Waals surface area contributed by atoms with Crippen molar-refractivity contribution in [3.05, 3.63) is 102 Å². The van der Waals surface area contributed by atoms with Crippen molar-refractivity contribution in [1.82, 2.24) is 0 Å². The van der Waals surface area contributed by atoms with Gasteiger partial charge in [0.25, 0.3) is 0 Å². The molecule has 4 aromatic carbocycles. The van der Waals surface area contributed by atoms with E-state index in [-0.39, 0.29) is 18.0 Å². The number of carboxylic acids is 1. The van der Waals surface area contributed by atoms with Crippen molar-refractivity contribution in [2.45, 2.75) is 20.1 Å². The zero-order valence-corrected chi connectivity index (χ0v) is 21.3. The van der Waals surface area contributed by atoms with Crippen LogP contribution in [0.2, 0.25) is 0 Å². The predicted octanol–water partition coefficient (Wildman–Crippen LogP) is 5.51. The Hall–Kier alpha value is -4.36. The summed E-state index contributed by atoms with van der Waals surface area (Å²) >= 11 is 0. The number of nitrogens with zero attached hydrogens (tertiary/aromatic N) is 2. The number of carbonyl (C=O) groups excluding carboxylic acids is 1. The van der Waals surface area contributed by atoms with E-state index in [0.717, 1.165) is 21.9 Å². The highest BCUT2D eigenvalue weighted by molar-refractivity contribution is 5.99. The summed E-state index contributed by atoms with van der Waals surface area (Å²) in [5, 5.41) is 12.0. The Morgan fingerprint density at radius 2 is 1.68 bits per heavy atom. The Morgan fingerprint density at radius 3 is 2.42 bits per heavy atom. The average molecular weight is 511 g/mol. The molecule has 0 radical (unpaired) electrons. The summed E-state index contributed by atoms with van der Waals surface area (Å²) in [5.74, 6) is -0.543. The van der Waals surface area contributed by atoms with Crippen LogP contribution >= 0.6 is 0 Å². The molecule has 0 bridgehead atoms. The van der Waals surface area contributed by atoms with Crippen LogP contribution < -0.4 is 14.5 Å². The lowest BCUT2D eigenvalue weighted by Gasteiger charge is -2.31. The maximum atomic E-state index is 13.0. The van der Waals surface area contributed by atoms with E-state index in [0.29, 0.717) is 50.0 Å². The van der Waals surface area contributed by atoms with Crippen molar-refractivity contribution < 1.29 is 24.2 Å². The first-order chi connectivity index (χ1) is 18.5. The molecule has 1 N–H and O–H groups in total. The maximum absolute atomic E-state index is 13.0. The van der Waals surface area contributed by atoms with Gasteiger partial charge in [0.1, 0.15) is 12.4 Å². The molecule has 0 saturated carbocycles. The van der Waals surface area contributed by atoms with Crippen LogP contribution in [-0.2, 0) is 22.7 Å². The number of carboxylic acid groups (broad SMARTS) is 1. The molecule has 7 nitrogen and oxygen atoms in total. The molecule has 0 atom stereocenters. The van der Waals surface area contributed by atoms with Gasteiger partial charge in [0.15, 0.2) is 0 Å². The van der Waals surface area contributed by atoms with Crippen molar-refractivity contribution in [2.75, 3.05) is 36.1 Å². The van der Waals surface area contributed by atoms with Crippen LogP contribution in [-0.4, -0.2) is 43.3 Å². The van der Waals surface area contributed by atoms with Gasteiger partial charge >= 0.3 is 5.97 Å². The van der Waals surface area contributed by atoms with Crippen molar-refractivity contribution in [2.24, 2.45) is 0 Å². The highest BCUT2D eigenvalue weighted by atomic mass is 16.5. The smallest absolute Gasteiger partial charge is 0.337 e. The van der Waals surface area contributed by atoms with Crippen molar-refractivity contribution in [1.29, 1.82) is 0 Å². The van der Waals surface area contributed by atoms with E-state index in [2.05, 4.69) is 0 Å². The molecule has 38 heavy (non-hydrogen) atoms. The van der Waals surface area contributed by atoms with Gasteiger partial charge < -0.3 is 24.4 Å². The van der Waals surface area contributed by atoms with Crippen LogP contribution in [0.4, 0.5) is 11.4 Å². The summed E-state index contributed by atoms with van der Waals surface area (Å²) in [6.07, 6.45) is 0. The van der Waals surface area contributed by atoms with Gasteiger partial charge in [-0.1, -0.05) is 60.7 Å². The van der Waals surface area contributed by atoms with Gasteiger partial charge in [-0.15, -0.1) is 0 Å². The number of rotatable bonds is 8. The van der Waals surface area contributed by atoms with Crippen LogP contribution in [0.3, 0.4) is 0 Å². The number of ether oxygens (including phenoxy) is 2. The van der Waals surface area contributed by atoms with Gasteiger partial charge in [0.05, 0.1) is 31.0 Å². The van der Waals surface area contributed by atoms with Crippen molar-refractivity contribution >= 4 is 34.0 Å². The SMILES string of the molecule is CC(=O)N(Cc1c(OCc2ccccc2)ccc2ccccc12)c1ccc(N2CCOCC2)c(C(=O)O)c1. The molecule has 0 unspecified atom stereocenters. The Balaban J connectivity index is 1.52. The molecule has 4 aromatic rings. The summed E-state index contributed by atoms with van der Waals surface area (Å²) in [7, 11) is 0. The molecule has 1 aliphatic heterocycles. The number of fused-ring (bicyclic) bond motifs is 1. The van der Waals surface area contributed by atoms with E-state index < -0.39 is 5.97 Å².